The molecule has 0 aliphatic heterocycles. The number of thioether (sulfide) groups is 1. The second-order valence-corrected chi connectivity index (χ2v) is 7.15. The van der Waals surface area contributed by atoms with Gasteiger partial charge >= 0.3 is 0 Å². The van der Waals surface area contributed by atoms with E-state index in [2.05, 4.69) is 20.8 Å². The minimum absolute atomic E-state index is 0.0138. The van der Waals surface area contributed by atoms with E-state index in [1.165, 1.54) is 11.8 Å². The summed E-state index contributed by atoms with van der Waals surface area (Å²) in [6.45, 7) is 0. The molecule has 0 unspecified atom stereocenters. The van der Waals surface area contributed by atoms with E-state index in [4.69, 9.17) is 0 Å². The Morgan fingerprint density at radius 1 is 1.29 bits per heavy atom. The van der Waals surface area contributed by atoms with Crippen LogP contribution in [0.25, 0.3) is 0 Å². The Bertz CT molecular complexity index is 773. The van der Waals surface area contributed by atoms with Crippen LogP contribution in [0.1, 0.15) is 22.9 Å². The summed E-state index contributed by atoms with van der Waals surface area (Å²) in [4.78, 5) is 13.5. The normalized spacial score (nSPS) is 12.0. The maximum absolute atomic E-state index is 12.4. The van der Waals surface area contributed by atoms with Gasteiger partial charge in [-0.15, -0.1) is 16.4 Å². The van der Waals surface area contributed by atoms with Crippen molar-refractivity contribution in [2.75, 3.05) is 5.75 Å². The molecular formula is C16H17N5OS2. The molecule has 0 bridgehead atoms. The number of nitrogens with one attached hydrogen (secondary N) is 1. The monoisotopic (exact) mass is 359 g/mol. The molecule has 3 rings (SSSR count). The van der Waals surface area contributed by atoms with Crippen LogP contribution in [0.5, 0.6) is 0 Å². The summed E-state index contributed by atoms with van der Waals surface area (Å²) >= 11 is 3.11. The summed E-state index contributed by atoms with van der Waals surface area (Å²) in [5.41, 5.74) is 1.08. The van der Waals surface area contributed by atoms with Crippen LogP contribution in [0.3, 0.4) is 0 Å². The fourth-order valence-electron chi connectivity index (χ4n) is 2.23. The number of aromatic nitrogens is 4. The van der Waals surface area contributed by atoms with Crippen molar-refractivity contribution in [3.8, 4) is 0 Å². The van der Waals surface area contributed by atoms with Crippen molar-refractivity contribution in [3.63, 3.8) is 0 Å². The standard InChI is InChI=1S/C16H17N5OS2/c1-21-16(18-19-20-21)24-11-9-14(22)17-15(13-8-5-10-23-13)12-6-3-2-4-7-12/h2-8,10,15H,9,11H2,1H3,(H,17,22)/t15-/m0/s1. The van der Waals surface area contributed by atoms with Gasteiger partial charge in [0.15, 0.2) is 0 Å². The number of rotatable bonds is 7. The first-order valence-electron chi connectivity index (χ1n) is 7.47. The van der Waals surface area contributed by atoms with Gasteiger partial charge in [-0.2, -0.15) is 0 Å². The molecule has 0 fully saturated rings. The Kier molecular flexibility index (Phi) is 5.60. The van der Waals surface area contributed by atoms with Gasteiger partial charge in [-0.3, -0.25) is 4.79 Å². The van der Waals surface area contributed by atoms with Crippen LogP contribution in [-0.4, -0.2) is 31.9 Å². The number of nitrogens with zero attached hydrogens (tertiary/aromatic N) is 4. The molecule has 0 spiro atoms. The van der Waals surface area contributed by atoms with Gasteiger partial charge in [-0.25, -0.2) is 4.68 Å². The summed E-state index contributed by atoms with van der Waals surface area (Å²) in [6.07, 6.45) is 0.409. The highest BCUT2D eigenvalue weighted by atomic mass is 32.2. The molecule has 0 saturated carbocycles. The lowest BCUT2D eigenvalue weighted by Gasteiger charge is -2.18. The predicted octanol–water partition coefficient (Wildman–Crippen LogP) is 2.66. The fourth-order valence-corrected chi connectivity index (χ4v) is 3.82. The molecule has 8 heteroatoms. The minimum atomic E-state index is -0.111. The Balaban J connectivity index is 1.60. The highest BCUT2D eigenvalue weighted by molar-refractivity contribution is 7.99. The van der Waals surface area contributed by atoms with E-state index in [0.717, 1.165) is 10.4 Å². The largest absolute Gasteiger partial charge is 0.344 e. The minimum Gasteiger partial charge on any atom is -0.344 e. The van der Waals surface area contributed by atoms with Crippen molar-refractivity contribution < 1.29 is 4.79 Å². The zero-order valence-corrected chi connectivity index (χ0v) is 14.8. The molecule has 0 aliphatic carbocycles. The van der Waals surface area contributed by atoms with Gasteiger partial charge in [0, 0.05) is 24.1 Å². The number of hydrogen-bond acceptors (Lipinski definition) is 6. The number of tetrazole rings is 1. The van der Waals surface area contributed by atoms with Gasteiger partial charge < -0.3 is 5.32 Å². The molecular weight excluding hydrogens is 342 g/mol. The van der Waals surface area contributed by atoms with Crippen LogP contribution in [0.2, 0.25) is 0 Å². The smallest absolute Gasteiger partial charge is 0.221 e. The lowest BCUT2D eigenvalue weighted by molar-refractivity contribution is -0.121. The van der Waals surface area contributed by atoms with E-state index in [1.807, 2.05) is 47.8 Å². The third-order valence-electron chi connectivity index (χ3n) is 3.41. The van der Waals surface area contributed by atoms with Crippen molar-refractivity contribution >= 4 is 29.0 Å². The van der Waals surface area contributed by atoms with Gasteiger partial charge in [0.2, 0.25) is 11.1 Å². The van der Waals surface area contributed by atoms with Crippen molar-refractivity contribution in [3.05, 3.63) is 58.3 Å². The Morgan fingerprint density at radius 2 is 2.12 bits per heavy atom. The summed E-state index contributed by atoms with van der Waals surface area (Å²) in [5, 5.41) is 17.1. The van der Waals surface area contributed by atoms with Gasteiger partial charge in [0.05, 0.1) is 6.04 Å². The molecule has 2 aromatic heterocycles. The van der Waals surface area contributed by atoms with E-state index in [0.29, 0.717) is 17.3 Å². The fraction of sp³-hybridized carbons (Fsp3) is 0.250. The number of thiophene rings is 1. The maximum Gasteiger partial charge on any atom is 0.221 e. The summed E-state index contributed by atoms with van der Waals surface area (Å²) in [6, 6.07) is 13.9. The molecule has 24 heavy (non-hydrogen) atoms. The lowest BCUT2D eigenvalue weighted by atomic mass is 10.1. The molecule has 0 radical (unpaired) electrons. The van der Waals surface area contributed by atoms with Crippen LogP contribution >= 0.6 is 23.1 Å². The Hall–Kier alpha value is -2.19. The first kappa shape index (κ1) is 16.7. The molecule has 1 amide bonds. The number of aryl methyl sites for hydroxylation is 1. The molecule has 6 nitrogen and oxygen atoms in total. The first-order valence-corrected chi connectivity index (χ1v) is 9.33. The van der Waals surface area contributed by atoms with Crippen LogP contribution < -0.4 is 5.32 Å². The number of carbonyl (C=O) groups excluding carboxylic acids is 1. The highest BCUT2D eigenvalue weighted by Crippen LogP contribution is 2.26. The second kappa shape index (κ2) is 8.07. The molecule has 3 aromatic rings. The van der Waals surface area contributed by atoms with E-state index in [1.54, 1.807) is 23.1 Å². The lowest BCUT2D eigenvalue weighted by Crippen LogP contribution is -2.29. The van der Waals surface area contributed by atoms with E-state index < -0.39 is 0 Å². The van der Waals surface area contributed by atoms with Crippen molar-refractivity contribution in [2.24, 2.45) is 7.05 Å². The van der Waals surface area contributed by atoms with Crippen molar-refractivity contribution in [1.82, 2.24) is 25.5 Å². The van der Waals surface area contributed by atoms with Gasteiger partial charge in [0.25, 0.3) is 0 Å². The Morgan fingerprint density at radius 3 is 2.79 bits per heavy atom. The van der Waals surface area contributed by atoms with E-state index in [9.17, 15) is 4.79 Å². The van der Waals surface area contributed by atoms with Crippen LogP contribution in [0, 0.1) is 0 Å². The summed E-state index contributed by atoms with van der Waals surface area (Å²) in [5.74, 6) is 0.645. The van der Waals surface area contributed by atoms with E-state index >= 15 is 0 Å². The second-order valence-electron chi connectivity index (χ2n) is 5.11. The predicted molar refractivity (Wildman–Crippen MR) is 94.9 cm³/mol. The van der Waals surface area contributed by atoms with Crippen molar-refractivity contribution in [2.45, 2.75) is 17.6 Å². The van der Waals surface area contributed by atoms with Gasteiger partial charge in [-0.1, -0.05) is 48.2 Å². The van der Waals surface area contributed by atoms with Crippen LogP contribution in [-0.2, 0) is 11.8 Å². The zero-order valence-electron chi connectivity index (χ0n) is 13.1. The number of carbonyl (C=O) groups is 1. The molecule has 0 saturated heterocycles. The number of hydrogen-bond donors (Lipinski definition) is 1. The maximum atomic E-state index is 12.4. The number of benzene rings is 1. The highest BCUT2D eigenvalue weighted by Gasteiger charge is 2.17. The van der Waals surface area contributed by atoms with Gasteiger partial charge in [-0.05, 0) is 27.4 Å². The Labute approximate surface area is 148 Å². The third kappa shape index (κ3) is 4.21. The molecule has 124 valence electrons. The first-order chi connectivity index (χ1) is 11.7. The van der Waals surface area contributed by atoms with E-state index in [-0.39, 0.29) is 11.9 Å². The third-order valence-corrected chi connectivity index (χ3v) is 5.36. The average Bonchev–Trinajstić information content (AvgIpc) is 3.26. The molecule has 1 N–H and O–H groups in total. The molecule has 0 aliphatic rings. The topological polar surface area (TPSA) is 72.7 Å². The molecule has 1 aromatic carbocycles. The van der Waals surface area contributed by atoms with Gasteiger partial charge in [0.1, 0.15) is 0 Å². The average molecular weight is 359 g/mol. The zero-order chi connectivity index (χ0) is 16.8. The van der Waals surface area contributed by atoms with Crippen LogP contribution in [0.4, 0.5) is 0 Å². The van der Waals surface area contributed by atoms with Crippen molar-refractivity contribution in [1.29, 1.82) is 0 Å². The summed E-state index contributed by atoms with van der Waals surface area (Å²) < 4.78 is 1.60. The number of amides is 1. The molecule has 1 atom stereocenters. The SMILES string of the molecule is Cn1nnnc1SCCC(=O)N[C@@H](c1ccccc1)c1cccs1. The summed E-state index contributed by atoms with van der Waals surface area (Å²) in [7, 11) is 1.78. The molecule has 2 heterocycles. The quantitative estimate of drug-likeness (QED) is 0.657. The van der Waals surface area contributed by atoms with Crippen LogP contribution in [0.15, 0.2) is 53.0 Å².